The first-order valence-electron chi connectivity index (χ1n) is 6.20. The zero-order valence-corrected chi connectivity index (χ0v) is 11.7. The number of phenolic OH excluding ortho intramolecular Hbond substituents is 1. The van der Waals surface area contributed by atoms with Crippen LogP contribution in [0.3, 0.4) is 0 Å². The van der Waals surface area contributed by atoms with E-state index in [1.165, 1.54) is 12.1 Å². The van der Waals surface area contributed by atoms with E-state index in [4.69, 9.17) is 15.1 Å². The molecule has 0 fully saturated rings. The lowest BCUT2D eigenvalue weighted by Crippen LogP contribution is -2.11. The van der Waals surface area contributed by atoms with Crippen molar-refractivity contribution in [1.29, 1.82) is 5.26 Å². The number of hydrogen-bond acceptors (Lipinski definition) is 5. The van der Waals surface area contributed by atoms with Crippen molar-refractivity contribution < 1.29 is 24.5 Å². The van der Waals surface area contributed by atoms with Crippen LogP contribution in [0.15, 0.2) is 23.8 Å². The smallest absolute Gasteiger partial charge is 0.348 e. The fourth-order valence-corrected chi connectivity index (χ4v) is 1.47. The molecule has 0 aliphatic rings. The number of carbonyl (C=O) groups is 2. The molecule has 1 aromatic rings. The fraction of sp³-hybridized carbons (Fsp3) is 0.267. The van der Waals surface area contributed by atoms with Gasteiger partial charge in [0.15, 0.2) is 0 Å². The number of phenols is 1. The summed E-state index contributed by atoms with van der Waals surface area (Å²) in [4.78, 5) is 22.8. The van der Waals surface area contributed by atoms with Crippen molar-refractivity contribution in [2.75, 3.05) is 6.61 Å². The van der Waals surface area contributed by atoms with Gasteiger partial charge in [-0.2, -0.15) is 5.26 Å². The lowest BCUT2D eigenvalue weighted by atomic mass is 10.0. The molecule has 0 amide bonds. The first-order valence-corrected chi connectivity index (χ1v) is 6.20. The summed E-state index contributed by atoms with van der Waals surface area (Å²) in [7, 11) is 0. The summed E-state index contributed by atoms with van der Waals surface area (Å²) in [6, 6.07) is 5.31. The summed E-state index contributed by atoms with van der Waals surface area (Å²) < 4.78 is 4.93. The Hall–Kier alpha value is -2.81. The van der Waals surface area contributed by atoms with Gasteiger partial charge in [-0.3, -0.25) is 0 Å². The Bertz CT molecular complexity index is 625. The van der Waals surface area contributed by atoms with Gasteiger partial charge in [-0.1, -0.05) is 19.9 Å². The zero-order chi connectivity index (χ0) is 16.0. The lowest BCUT2D eigenvalue weighted by Gasteiger charge is -2.07. The predicted octanol–water partition coefficient (Wildman–Crippen LogP) is 2.20. The number of esters is 1. The van der Waals surface area contributed by atoms with Crippen LogP contribution in [0.5, 0.6) is 5.75 Å². The molecule has 0 saturated heterocycles. The number of nitrogens with zero attached hydrogens (tertiary/aromatic N) is 1. The highest BCUT2D eigenvalue weighted by molar-refractivity contribution is 6.00. The van der Waals surface area contributed by atoms with Gasteiger partial charge in [-0.15, -0.1) is 0 Å². The zero-order valence-electron chi connectivity index (χ0n) is 11.7. The minimum absolute atomic E-state index is 0.122. The van der Waals surface area contributed by atoms with Crippen molar-refractivity contribution in [2.45, 2.75) is 13.8 Å². The first-order chi connectivity index (χ1) is 9.85. The molecule has 0 spiro atoms. The molecule has 6 heteroatoms. The number of carbonyl (C=O) groups excluding carboxylic acids is 1. The number of hydrogen-bond donors (Lipinski definition) is 2. The second-order valence-corrected chi connectivity index (χ2v) is 4.74. The molecule has 110 valence electrons. The molecule has 0 unspecified atom stereocenters. The Balaban J connectivity index is 3.12. The third-order valence-corrected chi connectivity index (χ3v) is 2.46. The standard InChI is InChI=1S/C15H15NO5/c1-9(2)8-21-15(20)11(7-16)5-10-3-4-12(17)6-13(10)14(18)19/h3-6,9,17H,8H2,1-2H3,(H,18,19). The van der Waals surface area contributed by atoms with E-state index in [1.54, 1.807) is 6.07 Å². The third-order valence-electron chi connectivity index (χ3n) is 2.46. The molecular formula is C15H15NO5. The van der Waals surface area contributed by atoms with Crippen LogP contribution < -0.4 is 0 Å². The van der Waals surface area contributed by atoms with Gasteiger partial charge in [0, 0.05) is 0 Å². The molecule has 0 aromatic heterocycles. The van der Waals surface area contributed by atoms with Gasteiger partial charge in [0.25, 0.3) is 0 Å². The molecule has 0 saturated carbocycles. The molecule has 1 rings (SSSR count). The number of rotatable bonds is 5. The van der Waals surface area contributed by atoms with Crippen molar-refractivity contribution >= 4 is 18.0 Å². The number of carboxylic acid groups (broad SMARTS) is 1. The predicted molar refractivity (Wildman–Crippen MR) is 74.5 cm³/mol. The number of aromatic carboxylic acids is 1. The molecule has 0 aliphatic carbocycles. The summed E-state index contributed by atoms with van der Waals surface area (Å²) in [5.74, 6) is -2.18. The molecule has 21 heavy (non-hydrogen) atoms. The maximum absolute atomic E-state index is 11.7. The Morgan fingerprint density at radius 2 is 2.10 bits per heavy atom. The van der Waals surface area contributed by atoms with Crippen molar-refractivity contribution in [2.24, 2.45) is 5.92 Å². The summed E-state index contributed by atoms with van der Waals surface area (Å²) in [5.41, 5.74) is -0.374. The van der Waals surface area contributed by atoms with E-state index in [0.29, 0.717) is 0 Å². The normalized spacial score (nSPS) is 11.0. The second-order valence-electron chi connectivity index (χ2n) is 4.74. The highest BCUT2D eigenvalue weighted by Gasteiger charge is 2.15. The van der Waals surface area contributed by atoms with Gasteiger partial charge in [-0.25, -0.2) is 9.59 Å². The molecule has 0 heterocycles. The largest absolute Gasteiger partial charge is 0.508 e. The van der Waals surface area contributed by atoms with E-state index in [1.807, 2.05) is 13.8 Å². The molecule has 0 atom stereocenters. The number of aromatic hydroxyl groups is 1. The van der Waals surface area contributed by atoms with Crippen molar-refractivity contribution in [3.05, 3.63) is 34.9 Å². The Labute approximate surface area is 121 Å². The summed E-state index contributed by atoms with van der Waals surface area (Å²) in [6.07, 6.45) is 1.13. The van der Waals surface area contributed by atoms with Crippen LogP contribution in [0, 0.1) is 17.2 Å². The van der Waals surface area contributed by atoms with E-state index in [-0.39, 0.29) is 35.0 Å². The molecule has 0 radical (unpaired) electrons. The van der Waals surface area contributed by atoms with Gasteiger partial charge >= 0.3 is 11.9 Å². The number of benzene rings is 1. The average Bonchev–Trinajstić information content (AvgIpc) is 2.43. The number of nitriles is 1. The van der Waals surface area contributed by atoms with E-state index in [9.17, 15) is 14.7 Å². The van der Waals surface area contributed by atoms with Crippen LogP contribution in [0.25, 0.3) is 6.08 Å². The molecule has 6 nitrogen and oxygen atoms in total. The van der Waals surface area contributed by atoms with Gasteiger partial charge in [0.1, 0.15) is 17.4 Å². The quantitative estimate of drug-likeness (QED) is 0.488. The van der Waals surface area contributed by atoms with Crippen molar-refractivity contribution in [3.63, 3.8) is 0 Å². The van der Waals surface area contributed by atoms with Crippen molar-refractivity contribution in [1.82, 2.24) is 0 Å². The van der Waals surface area contributed by atoms with Crippen LogP contribution in [-0.2, 0) is 9.53 Å². The van der Waals surface area contributed by atoms with Crippen LogP contribution >= 0.6 is 0 Å². The van der Waals surface area contributed by atoms with Gasteiger partial charge in [-0.05, 0) is 29.7 Å². The maximum atomic E-state index is 11.7. The van der Waals surface area contributed by atoms with Gasteiger partial charge < -0.3 is 14.9 Å². The highest BCUT2D eigenvalue weighted by atomic mass is 16.5. The minimum atomic E-state index is -1.27. The van der Waals surface area contributed by atoms with E-state index in [2.05, 4.69) is 0 Å². The molecular weight excluding hydrogens is 274 g/mol. The minimum Gasteiger partial charge on any atom is -0.508 e. The van der Waals surface area contributed by atoms with Gasteiger partial charge in [0.2, 0.25) is 0 Å². The summed E-state index contributed by atoms with van der Waals surface area (Å²) in [5, 5.41) is 27.3. The number of carboxylic acids is 1. The van der Waals surface area contributed by atoms with Crippen LogP contribution in [-0.4, -0.2) is 28.8 Å². The molecule has 1 aromatic carbocycles. The monoisotopic (exact) mass is 289 g/mol. The first kappa shape index (κ1) is 16.2. The Morgan fingerprint density at radius 1 is 1.43 bits per heavy atom. The molecule has 2 N–H and O–H groups in total. The fourth-order valence-electron chi connectivity index (χ4n) is 1.47. The van der Waals surface area contributed by atoms with Crippen molar-refractivity contribution in [3.8, 4) is 11.8 Å². The Morgan fingerprint density at radius 3 is 2.62 bits per heavy atom. The van der Waals surface area contributed by atoms with Gasteiger partial charge in [0.05, 0.1) is 12.2 Å². The van der Waals surface area contributed by atoms with Crippen LogP contribution in [0.4, 0.5) is 0 Å². The number of ether oxygens (including phenoxy) is 1. The van der Waals surface area contributed by atoms with E-state index < -0.39 is 11.9 Å². The highest BCUT2D eigenvalue weighted by Crippen LogP contribution is 2.19. The van der Waals surface area contributed by atoms with Crippen LogP contribution in [0.2, 0.25) is 0 Å². The SMILES string of the molecule is CC(C)COC(=O)C(C#N)=Cc1ccc(O)cc1C(=O)O. The third kappa shape index (κ3) is 4.66. The maximum Gasteiger partial charge on any atom is 0.348 e. The summed E-state index contributed by atoms with van der Waals surface area (Å²) in [6.45, 7) is 3.87. The van der Waals surface area contributed by atoms with E-state index in [0.717, 1.165) is 12.1 Å². The average molecular weight is 289 g/mol. The molecule has 0 aliphatic heterocycles. The molecule has 0 bridgehead atoms. The Kier molecular flexibility index (Phi) is 5.49. The second kappa shape index (κ2) is 7.10. The summed E-state index contributed by atoms with van der Waals surface area (Å²) >= 11 is 0. The van der Waals surface area contributed by atoms with E-state index >= 15 is 0 Å². The van der Waals surface area contributed by atoms with Crippen LogP contribution in [0.1, 0.15) is 29.8 Å². The lowest BCUT2D eigenvalue weighted by molar-refractivity contribution is -0.139. The topological polar surface area (TPSA) is 108 Å².